The average Bonchev–Trinajstić information content (AvgIpc) is 3.32. The van der Waals surface area contributed by atoms with Crippen molar-refractivity contribution < 1.29 is 18.9 Å². The molecule has 0 saturated carbocycles. The van der Waals surface area contributed by atoms with Crippen LogP contribution in [0.25, 0.3) is 32.6 Å². The third kappa shape index (κ3) is 7.19. The highest BCUT2D eigenvalue weighted by Gasteiger charge is 2.45. The van der Waals surface area contributed by atoms with E-state index < -0.39 is 0 Å². The molecule has 12 rings (SSSR count). The highest BCUT2D eigenvalue weighted by Crippen LogP contribution is 2.46. The summed E-state index contributed by atoms with van der Waals surface area (Å²) in [6.45, 7) is 10.2. The summed E-state index contributed by atoms with van der Waals surface area (Å²) in [5.41, 5.74) is 4.42. The van der Waals surface area contributed by atoms with Crippen molar-refractivity contribution in [3.63, 3.8) is 0 Å². The Morgan fingerprint density at radius 2 is 1.07 bits per heavy atom. The normalized spacial score (nSPS) is 26.9. The molecule has 6 aliphatic heterocycles. The number of rotatable bonds is 14. The molecule has 0 aliphatic carbocycles. The Morgan fingerprint density at radius 3 is 1.47 bits per heavy atom. The van der Waals surface area contributed by atoms with Gasteiger partial charge in [0.15, 0.2) is 0 Å². The third-order valence-corrected chi connectivity index (χ3v) is 15.0. The monoisotopic (exact) mass is 806 g/mol. The second-order valence-corrected chi connectivity index (χ2v) is 17.8. The van der Waals surface area contributed by atoms with Gasteiger partial charge in [-0.05, 0) is 134 Å². The van der Waals surface area contributed by atoms with E-state index >= 15 is 0 Å². The lowest BCUT2D eigenvalue weighted by molar-refractivity contribution is -0.0177. The molecule has 60 heavy (non-hydrogen) atoms. The molecule has 10 heteroatoms. The lowest BCUT2D eigenvalue weighted by atomic mass is 9.70. The van der Waals surface area contributed by atoms with E-state index in [4.69, 9.17) is 39.1 Å². The van der Waals surface area contributed by atoms with Crippen LogP contribution in [-0.4, -0.2) is 95.7 Å². The van der Waals surface area contributed by atoms with Crippen LogP contribution in [0.3, 0.4) is 0 Å². The van der Waals surface area contributed by atoms with Crippen molar-refractivity contribution in [2.75, 3.05) is 53.6 Å². The average molecular weight is 807 g/mol. The molecule has 6 saturated heterocycles. The van der Waals surface area contributed by atoms with E-state index in [2.05, 4.69) is 72.2 Å². The summed E-state index contributed by atoms with van der Waals surface area (Å²) in [5.74, 6) is 5.91. The fourth-order valence-electron chi connectivity index (χ4n) is 11.7. The lowest BCUT2D eigenvalue weighted by Crippen LogP contribution is -2.55. The van der Waals surface area contributed by atoms with E-state index in [0.717, 1.165) is 93.9 Å². The minimum atomic E-state index is 0.0994. The van der Waals surface area contributed by atoms with Crippen LogP contribution in [0, 0.1) is 23.7 Å². The molecule has 3 aromatic carbocycles. The lowest BCUT2D eigenvalue weighted by Gasteiger charge is -2.52. The first kappa shape index (κ1) is 39.1. The molecule has 0 radical (unpaired) electrons. The second-order valence-electron chi connectivity index (χ2n) is 17.8. The van der Waals surface area contributed by atoms with Gasteiger partial charge >= 0.3 is 0 Å². The van der Waals surface area contributed by atoms with E-state index in [1.54, 1.807) is 14.2 Å². The molecule has 4 unspecified atom stereocenters. The summed E-state index contributed by atoms with van der Waals surface area (Å²) in [7, 11) is 3.45. The molecular weight excluding hydrogens is 749 g/mol. The molecule has 4 bridgehead atoms. The Balaban J connectivity index is 0.967. The Kier molecular flexibility index (Phi) is 10.9. The number of piperidine rings is 6. The minimum Gasteiger partial charge on any atom is -0.497 e. The number of hydrogen-bond acceptors (Lipinski definition) is 10. The van der Waals surface area contributed by atoms with Crippen molar-refractivity contribution in [2.24, 2.45) is 23.7 Å². The van der Waals surface area contributed by atoms with Gasteiger partial charge in [0, 0.05) is 60.2 Å². The number of hydrogen-bond donors (Lipinski definition) is 0. The first-order valence-corrected chi connectivity index (χ1v) is 22.4. The number of methoxy groups -OCH3 is 2. The summed E-state index contributed by atoms with van der Waals surface area (Å²) in [6, 6.07) is 25.7. The molecule has 0 amide bonds. The maximum absolute atomic E-state index is 6.89. The molecule has 0 N–H and O–H groups in total. The van der Waals surface area contributed by atoms with Gasteiger partial charge in [0.1, 0.15) is 11.5 Å². The Labute approximate surface area is 353 Å². The summed E-state index contributed by atoms with van der Waals surface area (Å²) in [5, 5.41) is 13.6. The van der Waals surface area contributed by atoms with Crippen molar-refractivity contribution in [3.8, 4) is 23.3 Å². The Bertz CT molecular complexity index is 2310. The topological polar surface area (TPSA) is 95.0 Å². The maximum atomic E-state index is 6.89. The zero-order valence-corrected chi connectivity index (χ0v) is 35.5. The van der Waals surface area contributed by atoms with Gasteiger partial charge in [-0.1, -0.05) is 38.8 Å². The van der Waals surface area contributed by atoms with Crippen molar-refractivity contribution in [2.45, 2.75) is 76.3 Å². The summed E-state index contributed by atoms with van der Waals surface area (Å²) in [4.78, 5) is 15.0. The Morgan fingerprint density at radius 1 is 0.600 bits per heavy atom. The summed E-state index contributed by atoms with van der Waals surface area (Å²) in [6.07, 6.45) is 11.2. The van der Waals surface area contributed by atoms with Gasteiger partial charge < -0.3 is 18.9 Å². The molecule has 3 aromatic heterocycles. The van der Waals surface area contributed by atoms with E-state index in [9.17, 15) is 0 Å². The number of fused-ring (bicyclic) bond motifs is 9. The highest BCUT2D eigenvalue weighted by molar-refractivity contribution is 5.90. The van der Waals surface area contributed by atoms with Crippen LogP contribution in [-0.2, 0) is 0 Å². The van der Waals surface area contributed by atoms with Crippen LogP contribution in [0.2, 0.25) is 0 Å². The first-order chi connectivity index (χ1) is 29.5. The predicted octanol–water partition coefficient (Wildman–Crippen LogP) is 9.31. The molecule has 9 heterocycles. The number of benzene rings is 3. The van der Waals surface area contributed by atoms with Crippen LogP contribution in [0.15, 0.2) is 85.2 Å². The zero-order chi connectivity index (χ0) is 40.7. The maximum Gasteiger partial charge on any atom is 0.241 e. The molecule has 0 spiro atoms. The minimum absolute atomic E-state index is 0.0994. The largest absolute Gasteiger partial charge is 0.497 e. The zero-order valence-electron chi connectivity index (χ0n) is 35.5. The molecule has 6 fully saturated rings. The predicted molar refractivity (Wildman–Crippen MR) is 236 cm³/mol. The number of aromatic nitrogens is 4. The smallest absolute Gasteiger partial charge is 0.241 e. The number of ether oxygens (including phenoxy) is 4. The van der Waals surface area contributed by atoms with Gasteiger partial charge in [0.25, 0.3) is 0 Å². The van der Waals surface area contributed by atoms with Gasteiger partial charge in [0.05, 0.1) is 49.2 Å². The highest BCUT2D eigenvalue weighted by atomic mass is 16.5. The quantitative estimate of drug-likeness (QED) is 0.106. The van der Waals surface area contributed by atoms with Crippen LogP contribution >= 0.6 is 0 Å². The van der Waals surface area contributed by atoms with Crippen molar-refractivity contribution in [1.82, 2.24) is 30.0 Å². The Hall–Kier alpha value is -5.06. The number of pyridine rings is 2. The van der Waals surface area contributed by atoms with E-state index in [1.165, 1.54) is 49.7 Å². The van der Waals surface area contributed by atoms with Crippen LogP contribution in [0.4, 0.5) is 0 Å². The van der Waals surface area contributed by atoms with Crippen LogP contribution in [0.5, 0.6) is 23.3 Å². The van der Waals surface area contributed by atoms with Gasteiger partial charge in [-0.3, -0.25) is 19.8 Å². The fourth-order valence-corrected chi connectivity index (χ4v) is 11.7. The van der Waals surface area contributed by atoms with Crippen molar-refractivity contribution >= 4 is 32.6 Å². The summed E-state index contributed by atoms with van der Waals surface area (Å²) >= 11 is 0. The summed E-state index contributed by atoms with van der Waals surface area (Å²) < 4.78 is 25.2. The van der Waals surface area contributed by atoms with Crippen molar-refractivity contribution in [1.29, 1.82) is 0 Å². The van der Waals surface area contributed by atoms with Gasteiger partial charge in [-0.25, -0.2) is 0 Å². The number of nitrogens with zero attached hydrogens (tertiary/aromatic N) is 6. The fraction of sp³-hybridized carbons (Fsp3) is 0.480. The first-order valence-electron chi connectivity index (χ1n) is 22.4. The van der Waals surface area contributed by atoms with Crippen LogP contribution in [0.1, 0.15) is 75.3 Å². The van der Waals surface area contributed by atoms with E-state index in [1.807, 2.05) is 36.7 Å². The van der Waals surface area contributed by atoms with Gasteiger partial charge in [-0.15, -0.1) is 10.2 Å². The molecule has 10 nitrogen and oxygen atoms in total. The van der Waals surface area contributed by atoms with Gasteiger partial charge in [0.2, 0.25) is 11.8 Å². The van der Waals surface area contributed by atoms with Crippen molar-refractivity contribution in [3.05, 3.63) is 96.3 Å². The standard InChI is InChI=1S/C50H58N6O4/c1-5-31-27-55-21-17-33(31)23-47(55)43(37-15-19-51-45-13-11-35(57-3)25-41(37)45)29-59-49-39-9-7-8-10-40(39)50(54-53-49)60-30-44(48-24-34-18-22-56(48)28-32(34)6-2)38-16-20-52-46-14-12-36(58-4)26-42(38)46/h7-16,19-20,25-26,31-34,43-44,47-48H,5-6,17-18,21-24,27-30H2,1-4H3/t31?,32?,33-,34?,43+,44+,47-,48-/m1/s1. The molecular formula is C50H58N6O4. The SMILES string of the molecule is CCC1C[N@@]2CCC1C[C@@H]2[C@@H](COc1nnc(OC[C@@H](c2ccnc3ccc(OC)cc23)[C@H]2C[C@H]3CCN2CC3CC)c2ccccc12)c1ccnc2ccc(OC)cc12. The van der Waals surface area contributed by atoms with E-state index in [-0.39, 0.29) is 11.8 Å². The molecule has 312 valence electrons. The van der Waals surface area contributed by atoms with Gasteiger partial charge in [-0.2, -0.15) is 0 Å². The molecule has 6 aromatic rings. The van der Waals surface area contributed by atoms with E-state index in [0.29, 0.717) is 37.1 Å². The molecule has 6 aliphatic rings. The van der Waals surface area contributed by atoms with Crippen LogP contribution < -0.4 is 18.9 Å². The second kappa shape index (κ2) is 16.8. The third-order valence-electron chi connectivity index (χ3n) is 15.0. The molecule has 10 atom stereocenters.